The SMILES string of the molecule is CC/C=C\C/C=C\C/C=C\C/C=C\C/C=C\C/C=C\CCCCC(=O)OC(COCCCCCCCCCC)COP(=O)(O)OCCN. The fourth-order valence-electron chi connectivity index (χ4n) is 4.47. The Labute approximate surface area is 293 Å². The molecule has 0 spiro atoms. The molecule has 0 radical (unpaired) electrons. The highest BCUT2D eigenvalue weighted by atomic mass is 31.2. The largest absolute Gasteiger partial charge is 0.472 e. The fourth-order valence-corrected chi connectivity index (χ4v) is 5.23. The van der Waals surface area contributed by atoms with E-state index in [9.17, 15) is 14.3 Å². The van der Waals surface area contributed by atoms with Gasteiger partial charge in [0.15, 0.2) is 0 Å². The van der Waals surface area contributed by atoms with Crippen LogP contribution in [0.4, 0.5) is 0 Å². The number of nitrogens with two attached hydrogens (primary N) is 1. The molecule has 0 aliphatic carbocycles. The van der Waals surface area contributed by atoms with Crippen LogP contribution in [0.1, 0.15) is 129 Å². The first kappa shape index (κ1) is 45.9. The van der Waals surface area contributed by atoms with Crippen LogP contribution in [-0.2, 0) is 27.9 Å². The molecule has 0 aromatic rings. The Bertz CT molecular complexity index is 958. The van der Waals surface area contributed by atoms with Crippen LogP contribution in [0.2, 0.25) is 0 Å². The van der Waals surface area contributed by atoms with E-state index in [1.54, 1.807) is 0 Å². The molecule has 0 aliphatic rings. The summed E-state index contributed by atoms with van der Waals surface area (Å²) in [4.78, 5) is 22.3. The van der Waals surface area contributed by atoms with Crippen molar-refractivity contribution in [2.45, 2.75) is 136 Å². The molecule has 0 bridgehead atoms. The van der Waals surface area contributed by atoms with E-state index in [0.717, 1.165) is 64.2 Å². The summed E-state index contributed by atoms with van der Waals surface area (Å²) in [5.41, 5.74) is 5.33. The lowest BCUT2D eigenvalue weighted by Gasteiger charge is -2.20. The number of phosphoric acid groups is 1. The summed E-state index contributed by atoms with van der Waals surface area (Å²) in [5.74, 6) is -0.377. The number of phosphoric ester groups is 1. The van der Waals surface area contributed by atoms with Crippen molar-refractivity contribution >= 4 is 13.8 Å². The van der Waals surface area contributed by atoms with E-state index < -0.39 is 13.9 Å². The molecule has 9 heteroatoms. The lowest BCUT2D eigenvalue weighted by atomic mass is 10.1. The summed E-state index contributed by atoms with van der Waals surface area (Å²) in [7, 11) is -4.28. The van der Waals surface area contributed by atoms with Gasteiger partial charge in [0, 0.05) is 19.6 Å². The number of hydrogen-bond donors (Lipinski definition) is 2. The van der Waals surface area contributed by atoms with Crippen LogP contribution in [-0.4, -0.2) is 49.9 Å². The molecule has 3 N–H and O–H groups in total. The molecular weight excluding hydrogens is 625 g/mol. The Balaban J connectivity index is 4.17. The summed E-state index contributed by atoms with van der Waals surface area (Å²) >= 11 is 0. The van der Waals surface area contributed by atoms with Crippen molar-refractivity contribution in [1.29, 1.82) is 0 Å². The predicted octanol–water partition coefficient (Wildman–Crippen LogP) is 10.4. The molecule has 0 fully saturated rings. The Morgan fingerprint density at radius 1 is 0.646 bits per heavy atom. The van der Waals surface area contributed by atoms with Gasteiger partial charge >= 0.3 is 13.8 Å². The Hall–Kier alpha value is -2.06. The molecule has 0 saturated carbocycles. The number of hydrogen-bond acceptors (Lipinski definition) is 7. The van der Waals surface area contributed by atoms with Gasteiger partial charge in [0.05, 0.1) is 19.8 Å². The number of ether oxygens (including phenoxy) is 2. The molecule has 276 valence electrons. The molecule has 2 atom stereocenters. The Morgan fingerprint density at radius 3 is 1.71 bits per heavy atom. The average molecular weight is 694 g/mol. The maximum absolute atomic E-state index is 12.5. The van der Waals surface area contributed by atoms with Crippen molar-refractivity contribution < 1.29 is 32.8 Å². The first-order valence-electron chi connectivity index (χ1n) is 18.4. The van der Waals surface area contributed by atoms with Crippen LogP contribution in [0.15, 0.2) is 72.9 Å². The zero-order valence-electron chi connectivity index (χ0n) is 30.2. The fraction of sp³-hybridized carbons (Fsp3) is 0.667. The number of unbranched alkanes of at least 4 members (excludes halogenated alkanes) is 9. The summed E-state index contributed by atoms with van der Waals surface area (Å²) in [6.07, 6.45) is 43.5. The van der Waals surface area contributed by atoms with Gasteiger partial charge in [-0.15, -0.1) is 0 Å². The number of carbonyl (C=O) groups is 1. The smallest absolute Gasteiger partial charge is 0.457 e. The van der Waals surface area contributed by atoms with Gasteiger partial charge in [-0.2, -0.15) is 0 Å². The molecule has 2 unspecified atom stereocenters. The van der Waals surface area contributed by atoms with Crippen molar-refractivity contribution in [2.24, 2.45) is 5.73 Å². The first-order valence-corrected chi connectivity index (χ1v) is 19.9. The van der Waals surface area contributed by atoms with Gasteiger partial charge in [-0.05, 0) is 64.2 Å². The topological polar surface area (TPSA) is 117 Å². The van der Waals surface area contributed by atoms with Gasteiger partial charge in [-0.1, -0.05) is 132 Å². The third-order valence-electron chi connectivity index (χ3n) is 7.14. The van der Waals surface area contributed by atoms with E-state index >= 15 is 0 Å². The lowest BCUT2D eigenvalue weighted by Crippen LogP contribution is -2.28. The van der Waals surface area contributed by atoms with Crippen molar-refractivity contribution in [3.63, 3.8) is 0 Å². The summed E-state index contributed by atoms with van der Waals surface area (Å²) in [6.45, 7) is 4.69. The molecule has 0 heterocycles. The Morgan fingerprint density at radius 2 is 1.17 bits per heavy atom. The van der Waals surface area contributed by atoms with Gasteiger partial charge < -0.3 is 20.1 Å². The van der Waals surface area contributed by atoms with Gasteiger partial charge in [0.25, 0.3) is 0 Å². The predicted molar refractivity (Wildman–Crippen MR) is 201 cm³/mol. The van der Waals surface area contributed by atoms with Crippen LogP contribution in [0.25, 0.3) is 0 Å². The van der Waals surface area contributed by atoms with E-state index in [1.807, 2.05) is 0 Å². The van der Waals surface area contributed by atoms with E-state index in [2.05, 4.69) is 86.8 Å². The second kappa shape index (κ2) is 36.2. The molecule has 0 amide bonds. The lowest BCUT2D eigenvalue weighted by molar-refractivity contribution is -0.154. The third kappa shape index (κ3) is 35.3. The highest BCUT2D eigenvalue weighted by Gasteiger charge is 2.25. The average Bonchev–Trinajstić information content (AvgIpc) is 3.07. The van der Waals surface area contributed by atoms with E-state index in [-0.39, 0.29) is 38.8 Å². The second-order valence-electron chi connectivity index (χ2n) is 11.7. The minimum Gasteiger partial charge on any atom is -0.457 e. The monoisotopic (exact) mass is 693 g/mol. The van der Waals surface area contributed by atoms with Crippen molar-refractivity contribution in [1.82, 2.24) is 0 Å². The number of carbonyl (C=O) groups excluding carboxylic acids is 1. The minimum atomic E-state index is -4.28. The van der Waals surface area contributed by atoms with Crippen LogP contribution in [0.3, 0.4) is 0 Å². The molecule has 0 aromatic carbocycles. The number of esters is 1. The molecule has 0 saturated heterocycles. The standard InChI is InChI=1S/C39H68NO7P/c1-3-5-7-9-11-13-14-15-16-17-18-19-20-21-22-23-24-25-26-28-30-32-39(41)47-38(37-46-48(42,43)45-35-33-40)36-44-34-31-29-27-12-10-8-6-4-2/h5,7,11,13,15-16,18-19,21-22,24-25,38H,3-4,6,8-10,12,14,17,20,23,26-37,40H2,1-2H3,(H,42,43)/b7-5-,13-11-,16-15-,19-18-,22-21-,25-24-. The van der Waals surface area contributed by atoms with Crippen molar-refractivity contribution in [3.8, 4) is 0 Å². The molecule has 0 aliphatic heterocycles. The summed E-state index contributed by atoms with van der Waals surface area (Å²) in [6, 6.07) is 0. The summed E-state index contributed by atoms with van der Waals surface area (Å²) < 4.78 is 33.1. The molecule has 48 heavy (non-hydrogen) atoms. The molecular formula is C39H68NO7P. The van der Waals surface area contributed by atoms with E-state index in [1.165, 1.54) is 38.5 Å². The van der Waals surface area contributed by atoms with Crippen LogP contribution >= 0.6 is 7.82 Å². The quantitative estimate of drug-likeness (QED) is 0.0296. The van der Waals surface area contributed by atoms with Gasteiger partial charge in [0.1, 0.15) is 6.10 Å². The van der Waals surface area contributed by atoms with Gasteiger partial charge in [0.2, 0.25) is 0 Å². The minimum absolute atomic E-state index is 0.0899. The van der Waals surface area contributed by atoms with Crippen LogP contribution in [0.5, 0.6) is 0 Å². The highest BCUT2D eigenvalue weighted by Crippen LogP contribution is 2.43. The second-order valence-corrected chi connectivity index (χ2v) is 13.2. The maximum atomic E-state index is 12.5. The summed E-state index contributed by atoms with van der Waals surface area (Å²) in [5, 5.41) is 0. The molecule has 0 aromatic heterocycles. The van der Waals surface area contributed by atoms with E-state index in [0.29, 0.717) is 13.0 Å². The van der Waals surface area contributed by atoms with Crippen LogP contribution in [0, 0.1) is 0 Å². The third-order valence-corrected chi connectivity index (χ3v) is 8.12. The van der Waals surface area contributed by atoms with Crippen molar-refractivity contribution in [3.05, 3.63) is 72.9 Å². The van der Waals surface area contributed by atoms with Crippen molar-refractivity contribution in [2.75, 3.05) is 33.0 Å². The molecule has 8 nitrogen and oxygen atoms in total. The van der Waals surface area contributed by atoms with Crippen LogP contribution < -0.4 is 5.73 Å². The zero-order valence-corrected chi connectivity index (χ0v) is 31.1. The molecule has 0 rings (SSSR count). The first-order chi connectivity index (χ1) is 23.4. The highest BCUT2D eigenvalue weighted by molar-refractivity contribution is 7.47. The Kier molecular flexibility index (Phi) is 34.7. The number of rotatable bonds is 34. The van der Waals surface area contributed by atoms with Gasteiger partial charge in [-0.3, -0.25) is 13.8 Å². The van der Waals surface area contributed by atoms with E-state index in [4.69, 9.17) is 24.3 Å². The zero-order chi connectivity index (χ0) is 35.2. The maximum Gasteiger partial charge on any atom is 0.472 e. The van der Waals surface area contributed by atoms with Gasteiger partial charge in [-0.25, -0.2) is 4.57 Å². The normalized spacial score (nSPS) is 14.5. The number of allylic oxidation sites excluding steroid dienone is 12.